The van der Waals surface area contributed by atoms with Crippen LogP contribution < -0.4 is 5.43 Å². The van der Waals surface area contributed by atoms with E-state index < -0.39 is 5.43 Å². The smallest absolute Gasteiger partial charge is 0.200 e. The maximum absolute atomic E-state index is 13.3. The summed E-state index contributed by atoms with van der Waals surface area (Å²) in [5.41, 5.74) is 2.74. The second kappa shape index (κ2) is 10.3. The summed E-state index contributed by atoms with van der Waals surface area (Å²) in [5, 5.41) is 40.1. The Kier molecular flexibility index (Phi) is 7.48. The molecule has 33 heavy (non-hydrogen) atoms. The van der Waals surface area contributed by atoms with E-state index in [0.717, 1.165) is 25.3 Å². The summed E-state index contributed by atoms with van der Waals surface area (Å²) < 4.78 is 5.91. The van der Waals surface area contributed by atoms with Crippen LogP contribution in [0.4, 0.5) is 0 Å². The molecule has 6 heteroatoms. The lowest BCUT2D eigenvalue weighted by molar-refractivity contribution is 0.449. The summed E-state index contributed by atoms with van der Waals surface area (Å²) >= 11 is 0. The van der Waals surface area contributed by atoms with E-state index in [2.05, 4.69) is 32.9 Å². The molecule has 1 heterocycles. The fourth-order valence-corrected chi connectivity index (χ4v) is 3.80. The predicted octanol–water partition coefficient (Wildman–Crippen LogP) is 6.30. The standard InChI is InChI=1S/C27H30O6/c1-16(2)7-6-9-17(3)8-4-5-10-21-26(32)25-23(31)14-19(29)15-24(25)33-27(21)20-12-11-18(28)13-22(20)30/h7-8,11-15,28-31H,4-6,9-10H2,1-3H3/b17-8+. The monoisotopic (exact) mass is 450 g/mol. The minimum atomic E-state index is -0.416. The van der Waals surface area contributed by atoms with Crippen molar-refractivity contribution in [3.8, 4) is 34.3 Å². The first kappa shape index (κ1) is 24.0. The summed E-state index contributed by atoms with van der Waals surface area (Å²) in [6.07, 6.45) is 8.14. The summed E-state index contributed by atoms with van der Waals surface area (Å²) in [4.78, 5) is 13.3. The molecule has 1 aromatic heterocycles. The molecule has 0 bridgehead atoms. The van der Waals surface area contributed by atoms with Crippen molar-refractivity contribution in [2.24, 2.45) is 0 Å². The Hall–Kier alpha value is -3.67. The molecule has 0 amide bonds. The SMILES string of the molecule is CC(C)=CCC/C(C)=C/CCCc1c(-c2ccc(O)cc2O)oc2cc(O)cc(O)c2c1=O. The quantitative estimate of drug-likeness (QED) is 0.237. The maximum atomic E-state index is 13.3. The van der Waals surface area contributed by atoms with Gasteiger partial charge >= 0.3 is 0 Å². The van der Waals surface area contributed by atoms with E-state index in [9.17, 15) is 25.2 Å². The molecule has 0 saturated heterocycles. The lowest BCUT2D eigenvalue weighted by atomic mass is 9.98. The molecule has 6 nitrogen and oxygen atoms in total. The summed E-state index contributed by atoms with van der Waals surface area (Å²) in [7, 11) is 0. The number of rotatable bonds is 8. The van der Waals surface area contributed by atoms with Crippen molar-refractivity contribution in [1.29, 1.82) is 0 Å². The van der Waals surface area contributed by atoms with E-state index in [4.69, 9.17) is 4.42 Å². The van der Waals surface area contributed by atoms with Crippen LogP contribution in [0.3, 0.4) is 0 Å². The van der Waals surface area contributed by atoms with Crippen LogP contribution in [0.15, 0.2) is 62.8 Å². The number of hydrogen-bond acceptors (Lipinski definition) is 6. The first-order valence-electron chi connectivity index (χ1n) is 11.0. The molecule has 3 rings (SSSR count). The first-order valence-corrected chi connectivity index (χ1v) is 11.0. The van der Waals surface area contributed by atoms with Gasteiger partial charge in [0, 0.05) is 23.8 Å². The lowest BCUT2D eigenvalue weighted by Crippen LogP contribution is -2.11. The normalized spacial score (nSPS) is 11.7. The lowest BCUT2D eigenvalue weighted by Gasteiger charge is -2.12. The first-order chi connectivity index (χ1) is 15.7. The second-order valence-corrected chi connectivity index (χ2v) is 8.54. The van der Waals surface area contributed by atoms with Gasteiger partial charge < -0.3 is 24.8 Å². The number of fused-ring (bicyclic) bond motifs is 1. The molecule has 2 aromatic carbocycles. The third-order valence-corrected chi connectivity index (χ3v) is 5.49. The topological polar surface area (TPSA) is 111 Å². The Balaban J connectivity index is 1.96. The van der Waals surface area contributed by atoms with Crippen LogP contribution in [0.2, 0.25) is 0 Å². The Morgan fingerprint density at radius 3 is 2.33 bits per heavy atom. The van der Waals surface area contributed by atoms with E-state index in [0.29, 0.717) is 18.4 Å². The zero-order valence-corrected chi connectivity index (χ0v) is 19.2. The van der Waals surface area contributed by atoms with Crippen LogP contribution in [0, 0.1) is 0 Å². The number of phenols is 4. The van der Waals surface area contributed by atoms with Gasteiger partial charge in [0.1, 0.15) is 39.7 Å². The van der Waals surface area contributed by atoms with Crippen molar-refractivity contribution in [1.82, 2.24) is 0 Å². The van der Waals surface area contributed by atoms with Gasteiger partial charge in [-0.15, -0.1) is 0 Å². The molecule has 0 spiro atoms. The van der Waals surface area contributed by atoms with Crippen molar-refractivity contribution in [2.45, 2.75) is 52.9 Å². The van der Waals surface area contributed by atoms with E-state index in [1.807, 2.05) is 0 Å². The van der Waals surface area contributed by atoms with Gasteiger partial charge in [0.25, 0.3) is 0 Å². The third kappa shape index (κ3) is 5.77. The van der Waals surface area contributed by atoms with E-state index in [1.54, 1.807) is 0 Å². The molecule has 0 atom stereocenters. The Morgan fingerprint density at radius 2 is 1.64 bits per heavy atom. The number of allylic oxidation sites excluding steroid dienone is 4. The zero-order valence-electron chi connectivity index (χ0n) is 19.2. The van der Waals surface area contributed by atoms with E-state index in [-0.39, 0.29) is 45.3 Å². The molecule has 0 aliphatic rings. The Labute approximate surface area is 192 Å². The number of hydrogen-bond donors (Lipinski definition) is 4. The van der Waals surface area contributed by atoms with Crippen molar-refractivity contribution in [2.75, 3.05) is 0 Å². The molecule has 0 aliphatic heterocycles. The molecule has 0 aliphatic carbocycles. The highest BCUT2D eigenvalue weighted by Crippen LogP contribution is 2.37. The van der Waals surface area contributed by atoms with Crippen molar-refractivity contribution < 1.29 is 24.8 Å². The van der Waals surface area contributed by atoms with E-state index in [1.165, 1.54) is 35.4 Å². The summed E-state index contributed by atoms with van der Waals surface area (Å²) in [6, 6.07) is 6.37. The van der Waals surface area contributed by atoms with Crippen LogP contribution in [0.1, 0.15) is 52.0 Å². The number of benzene rings is 2. The maximum Gasteiger partial charge on any atom is 0.200 e. The van der Waals surface area contributed by atoms with Gasteiger partial charge in [0.05, 0.1) is 5.56 Å². The summed E-state index contributed by atoms with van der Waals surface area (Å²) in [6.45, 7) is 6.25. The van der Waals surface area contributed by atoms with Crippen LogP contribution in [-0.4, -0.2) is 20.4 Å². The minimum Gasteiger partial charge on any atom is -0.508 e. The average molecular weight is 451 g/mol. The van der Waals surface area contributed by atoms with Crippen LogP contribution in [0.5, 0.6) is 23.0 Å². The van der Waals surface area contributed by atoms with Crippen molar-refractivity contribution in [3.05, 3.63) is 69.4 Å². The predicted molar refractivity (Wildman–Crippen MR) is 130 cm³/mol. The number of unbranched alkanes of at least 4 members (excludes halogenated alkanes) is 1. The third-order valence-electron chi connectivity index (χ3n) is 5.49. The second-order valence-electron chi connectivity index (χ2n) is 8.54. The highest BCUT2D eigenvalue weighted by Gasteiger charge is 2.21. The fourth-order valence-electron chi connectivity index (χ4n) is 3.80. The molecular weight excluding hydrogens is 420 g/mol. The zero-order chi connectivity index (χ0) is 24.1. The van der Waals surface area contributed by atoms with Crippen LogP contribution >= 0.6 is 0 Å². The molecule has 174 valence electrons. The molecule has 3 aromatic rings. The molecular formula is C27H30O6. The van der Waals surface area contributed by atoms with Crippen LogP contribution in [-0.2, 0) is 6.42 Å². The van der Waals surface area contributed by atoms with Gasteiger partial charge in [-0.1, -0.05) is 23.3 Å². The Bertz CT molecular complexity index is 1280. The molecule has 0 radical (unpaired) electrons. The van der Waals surface area contributed by atoms with Gasteiger partial charge in [0.2, 0.25) is 0 Å². The largest absolute Gasteiger partial charge is 0.508 e. The van der Waals surface area contributed by atoms with Gasteiger partial charge in [-0.05, 0) is 65.0 Å². The van der Waals surface area contributed by atoms with Crippen molar-refractivity contribution in [3.63, 3.8) is 0 Å². The number of aromatic hydroxyl groups is 4. The van der Waals surface area contributed by atoms with Crippen molar-refractivity contribution >= 4 is 11.0 Å². The van der Waals surface area contributed by atoms with Gasteiger partial charge in [0.15, 0.2) is 5.43 Å². The van der Waals surface area contributed by atoms with Gasteiger partial charge in [-0.25, -0.2) is 0 Å². The minimum absolute atomic E-state index is 0.0127. The molecule has 4 N–H and O–H groups in total. The Morgan fingerprint density at radius 1 is 0.909 bits per heavy atom. The van der Waals surface area contributed by atoms with Crippen LogP contribution in [0.25, 0.3) is 22.3 Å². The number of phenolic OH excluding ortho intramolecular Hbond substituents is 4. The molecule has 0 saturated carbocycles. The average Bonchev–Trinajstić information content (AvgIpc) is 2.71. The highest BCUT2D eigenvalue weighted by atomic mass is 16.3. The molecule has 0 fully saturated rings. The fraction of sp³-hybridized carbons (Fsp3) is 0.296. The van der Waals surface area contributed by atoms with Gasteiger partial charge in [-0.2, -0.15) is 0 Å². The molecule has 0 unspecified atom stereocenters. The van der Waals surface area contributed by atoms with E-state index >= 15 is 0 Å². The highest BCUT2D eigenvalue weighted by molar-refractivity contribution is 5.87. The van der Waals surface area contributed by atoms with Gasteiger partial charge in [-0.3, -0.25) is 4.79 Å². The summed E-state index contributed by atoms with van der Waals surface area (Å²) in [5.74, 6) is -0.815.